The number of hydrogen-bond acceptors (Lipinski definition) is 5. The number of aromatic nitrogens is 2. The summed E-state index contributed by atoms with van der Waals surface area (Å²) in [5.74, 6) is -1.40. The van der Waals surface area contributed by atoms with Crippen molar-refractivity contribution in [2.45, 2.75) is 0 Å². The van der Waals surface area contributed by atoms with Gasteiger partial charge in [0.25, 0.3) is 0 Å². The van der Waals surface area contributed by atoms with Gasteiger partial charge in [-0.2, -0.15) is 0 Å². The van der Waals surface area contributed by atoms with Gasteiger partial charge in [-0.3, -0.25) is 9.97 Å². The maximum absolute atomic E-state index is 12.3. The van der Waals surface area contributed by atoms with Crippen LogP contribution in [0.4, 0.5) is 0 Å². The summed E-state index contributed by atoms with van der Waals surface area (Å²) in [4.78, 5) is 33.1. The van der Waals surface area contributed by atoms with Crippen LogP contribution in [-0.4, -0.2) is 21.9 Å². The Bertz CT molecular complexity index is 1030. The topological polar surface area (TPSA) is 69.2 Å². The SMILES string of the molecule is O=C(OC(=O)c1ccc(-c2ccccn2)cc1)c1ccc(-c2ccccn2)cc1. The number of carbonyl (C=O) groups excluding carboxylic acids is 2. The van der Waals surface area contributed by atoms with Crippen molar-refractivity contribution in [3.05, 3.63) is 108 Å². The molecule has 5 heteroatoms. The molecule has 0 saturated carbocycles. The van der Waals surface area contributed by atoms with Gasteiger partial charge in [-0.15, -0.1) is 0 Å². The molecule has 4 aromatic rings. The highest BCUT2D eigenvalue weighted by Crippen LogP contribution is 2.19. The molecule has 4 rings (SSSR count). The highest BCUT2D eigenvalue weighted by molar-refractivity contribution is 6.02. The van der Waals surface area contributed by atoms with E-state index < -0.39 is 11.9 Å². The van der Waals surface area contributed by atoms with E-state index in [2.05, 4.69) is 9.97 Å². The lowest BCUT2D eigenvalue weighted by molar-refractivity contribution is 0.0398. The molecule has 5 nitrogen and oxygen atoms in total. The van der Waals surface area contributed by atoms with Crippen LogP contribution in [0.1, 0.15) is 20.7 Å². The van der Waals surface area contributed by atoms with Crippen molar-refractivity contribution < 1.29 is 14.3 Å². The lowest BCUT2D eigenvalue weighted by atomic mass is 10.1. The molecule has 0 spiro atoms. The van der Waals surface area contributed by atoms with Crippen molar-refractivity contribution in [1.29, 1.82) is 0 Å². The minimum absolute atomic E-state index is 0.295. The number of nitrogens with zero attached hydrogens (tertiary/aromatic N) is 2. The zero-order chi connectivity index (χ0) is 20.1. The van der Waals surface area contributed by atoms with Gasteiger partial charge >= 0.3 is 11.9 Å². The Hall–Kier alpha value is -4.12. The predicted molar refractivity (Wildman–Crippen MR) is 109 cm³/mol. The maximum atomic E-state index is 12.3. The van der Waals surface area contributed by atoms with Gasteiger partial charge in [-0.05, 0) is 48.5 Å². The molecule has 0 amide bonds. The molecule has 0 bridgehead atoms. The molecular weight excluding hydrogens is 364 g/mol. The fourth-order valence-corrected chi connectivity index (χ4v) is 2.82. The Balaban J connectivity index is 1.43. The van der Waals surface area contributed by atoms with Crippen molar-refractivity contribution in [2.24, 2.45) is 0 Å². The number of pyridine rings is 2. The normalized spacial score (nSPS) is 10.3. The van der Waals surface area contributed by atoms with Crippen molar-refractivity contribution in [3.63, 3.8) is 0 Å². The molecule has 0 unspecified atom stereocenters. The highest BCUT2D eigenvalue weighted by atomic mass is 16.6. The van der Waals surface area contributed by atoms with Crippen LogP contribution in [0, 0.1) is 0 Å². The molecule has 2 aromatic heterocycles. The van der Waals surface area contributed by atoms with Crippen molar-refractivity contribution in [2.75, 3.05) is 0 Å². The van der Waals surface area contributed by atoms with Gasteiger partial charge in [0.15, 0.2) is 0 Å². The van der Waals surface area contributed by atoms with Crippen molar-refractivity contribution in [3.8, 4) is 22.5 Å². The summed E-state index contributed by atoms with van der Waals surface area (Å²) in [6.07, 6.45) is 3.41. The van der Waals surface area contributed by atoms with E-state index in [9.17, 15) is 9.59 Å². The van der Waals surface area contributed by atoms with Crippen LogP contribution >= 0.6 is 0 Å². The van der Waals surface area contributed by atoms with Crippen LogP contribution in [-0.2, 0) is 4.74 Å². The first-order chi connectivity index (χ1) is 14.2. The fraction of sp³-hybridized carbons (Fsp3) is 0. The molecule has 0 N–H and O–H groups in total. The van der Waals surface area contributed by atoms with Gasteiger partial charge < -0.3 is 4.74 Å². The largest absolute Gasteiger partial charge is 0.386 e. The Morgan fingerprint density at radius 1 is 0.552 bits per heavy atom. The van der Waals surface area contributed by atoms with Gasteiger partial charge in [0.1, 0.15) is 0 Å². The minimum Gasteiger partial charge on any atom is -0.386 e. The fourth-order valence-electron chi connectivity index (χ4n) is 2.82. The van der Waals surface area contributed by atoms with Gasteiger partial charge in [0.05, 0.1) is 22.5 Å². The van der Waals surface area contributed by atoms with E-state index in [1.54, 1.807) is 60.9 Å². The molecule has 0 aliphatic rings. The summed E-state index contributed by atoms with van der Waals surface area (Å²) in [6, 6.07) is 24.8. The smallest absolute Gasteiger partial charge is 0.346 e. The summed E-state index contributed by atoms with van der Waals surface area (Å²) in [5, 5.41) is 0. The predicted octanol–water partition coefficient (Wildman–Crippen LogP) is 4.81. The average molecular weight is 380 g/mol. The van der Waals surface area contributed by atoms with E-state index in [1.165, 1.54) is 0 Å². The summed E-state index contributed by atoms with van der Waals surface area (Å²) in [5.41, 5.74) is 3.94. The van der Waals surface area contributed by atoms with Crippen molar-refractivity contribution in [1.82, 2.24) is 9.97 Å². The minimum atomic E-state index is -0.698. The lowest BCUT2D eigenvalue weighted by Crippen LogP contribution is -2.12. The number of ether oxygens (including phenoxy) is 1. The number of esters is 2. The van der Waals surface area contributed by atoms with Gasteiger partial charge in [-0.1, -0.05) is 36.4 Å². The Morgan fingerprint density at radius 3 is 1.31 bits per heavy atom. The molecule has 140 valence electrons. The molecule has 29 heavy (non-hydrogen) atoms. The van der Waals surface area contributed by atoms with E-state index in [0.717, 1.165) is 22.5 Å². The van der Waals surface area contributed by atoms with Crippen LogP contribution in [0.2, 0.25) is 0 Å². The van der Waals surface area contributed by atoms with E-state index in [-0.39, 0.29) is 0 Å². The third kappa shape index (κ3) is 4.25. The maximum Gasteiger partial charge on any atom is 0.346 e. The highest BCUT2D eigenvalue weighted by Gasteiger charge is 2.15. The second-order valence-corrected chi connectivity index (χ2v) is 6.26. The zero-order valence-electron chi connectivity index (χ0n) is 15.4. The Kier molecular flexibility index (Phi) is 5.21. The quantitative estimate of drug-likeness (QED) is 0.375. The molecule has 0 radical (unpaired) electrons. The second kappa shape index (κ2) is 8.27. The third-order valence-electron chi connectivity index (χ3n) is 4.35. The number of hydrogen-bond donors (Lipinski definition) is 0. The second-order valence-electron chi connectivity index (χ2n) is 6.26. The van der Waals surface area contributed by atoms with Crippen LogP contribution in [0.5, 0.6) is 0 Å². The summed E-state index contributed by atoms with van der Waals surface area (Å²) in [7, 11) is 0. The van der Waals surface area contributed by atoms with Crippen molar-refractivity contribution >= 4 is 11.9 Å². The summed E-state index contributed by atoms with van der Waals surface area (Å²) in [6.45, 7) is 0. The molecule has 2 aromatic carbocycles. The molecular formula is C24H16N2O3. The standard InChI is InChI=1S/C24H16N2O3/c27-23(19-11-7-17(8-12-19)21-5-1-3-15-25-21)29-24(28)20-13-9-18(10-14-20)22-6-2-4-16-26-22/h1-16H. The molecule has 0 atom stereocenters. The number of rotatable bonds is 4. The summed E-state index contributed by atoms with van der Waals surface area (Å²) >= 11 is 0. The van der Waals surface area contributed by atoms with Gasteiger partial charge in [0.2, 0.25) is 0 Å². The van der Waals surface area contributed by atoms with E-state index in [4.69, 9.17) is 4.74 Å². The average Bonchev–Trinajstić information content (AvgIpc) is 2.80. The monoisotopic (exact) mass is 380 g/mol. The Morgan fingerprint density at radius 2 is 0.966 bits per heavy atom. The van der Waals surface area contributed by atoms with Crippen LogP contribution in [0.3, 0.4) is 0 Å². The van der Waals surface area contributed by atoms with Crippen LogP contribution in [0.25, 0.3) is 22.5 Å². The summed E-state index contributed by atoms with van der Waals surface area (Å²) < 4.78 is 5.00. The van der Waals surface area contributed by atoms with Gasteiger partial charge in [0, 0.05) is 23.5 Å². The number of benzene rings is 2. The lowest BCUT2D eigenvalue weighted by Gasteiger charge is -2.06. The molecule has 0 aliphatic carbocycles. The van der Waals surface area contributed by atoms with Gasteiger partial charge in [-0.25, -0.2) is 9.59 Å². The molecule has 2 heterocycles. The third-order valence-corrected chi connectivity index (χ3v) is 4.35. The molecule has 0 fully saturated rings. The Labute approximate surface area is 167 Å². The van der Waals surface area contributed by atoms with E-state index in [1.807, 2.05) is 36.4 Å². The first kappa shape index (κ1) is 18.3. The van der Waals surface area contributed by atoms with Crippen LogP contribution in [0.15, 0.2) is 97.3 Å². The zero-order valence-corrected chi connectivity index (χ0v) is 15.4. The van der Waals surface area contributed by atoms with E-state index in [0.29, 0.717) is 11.1 Å². The number of carbonyl (C=O) groups is 2. The first-order valence-electron chi connectivity index (χ1n) is 9.00. The molecule has 0 aliphatic heterocycles. The molecule has 0 saturated heterocycles. The first-order valence-corrected chi connectivity index (χ1v) is 9.00. The van der Waals surface area contributed by atoms with E-state index >= 15 is 0 Å². The van der Waals surface area contributed by atoms with Crippen LogP contribution < -0.4 is 0 Å².